The Kier molecular flexibility index (Phi) is 7.80. The highest BCUT2D eigenvalue weighted by molar-refractivity contribution is 7.09. The van der Waals surface area contributed by atoms with Crippen molar-refractivity contribution in [3.8, 4) is 0 Å². The van der Waals surface area contributed by atoms with Gasteiger partial charge in [-0.05, 0) is 43.0 Å². The van der Waals surface area contributed by atoms with E-state index >= 15 is 0 Å². The van der Waals surface area contributed by atoms with Gasteiger partial charge < -0.3 is 24.6 Å². The zero-order valence-corrected chi connectivity index (χ0v) is 19.5. The Hall–Kier alpha value is -1.97. The second-order valence-corrected chi connectivity index (χ2v) is 10.1. The van der Waals surface area contributed by atoms with Gasteiger partial charge in [-0.3, -0.25) is 14.4 Å². The van der Waals surface area contributed by atoms with E-state index < -0.39 is 0 Å². The Morgan fingerprint density at radius 3 is 2.81 bits per heavy atom. The normalized spacial score (nSPS) is 26.3. The number of hydrogen-bond acceptors (Lipinski definition) is 6. The van der Waals surface area contributed by atoms with Crippen LogP contribution in [0, 0.1) is 17.8 Å². The van der Waals surface area contributed by atoms with Gasteiger partial charge in [0.25, 0.3) is 0 Å². The number of fused-ring (bicyclic) bond motifs is 1. The largest absolute Gasteiger partial charge is 0.383 e. The predicted octanol–water partition coefficient (Wildman–Crippen LogP) is 1.50. The fourth-order valence-electron chi connectivity index (χ4n) is 5.17. The Bertz CT molecular complexity index is 796. The zero-order chi connectivity index (χ0) is 22.5. The minimum Gasteiger partial charge on any atom is -0.383 e. The molecule has 3 aliphatic rings. The van der Waals surface area contributed by atoms with Gasteiger partial charge in [-0.25, -0.2) is 0 Å². The highest BCUT2D eigenvalue weighted by Gasteiger charge is 2.44. The van der Waals surface area contributed by atoms with Crippen LogP contribution < -0.4 is 5.32 Å². The number of methoxy groups -OCH3 is 1. The standard InChI is InChI=1S/C23H33N3O5S/c1-30-9-6-25(14-19-3-2-10-32-19)23(29)17-11-18-13-26(15-21(27)24-20(18)12-17)22(28)16-4-7-31-8-5-16/h2-3,10,16-18,20H,4-9,11-15H2,1H3,(H,24,27)/t17-,18+,20+/m0/s1. The fourth-order valence-corrected chi connectivity index (χ4v) is 5.89. The lowest BCUT2D eigenvalue weighted by Gasteiger charge is -2.29. The first-order valence-electron chi connectivity index (χ1n) is 11.5. The summed E-state index contributed by atoms with van der Waals surface area (Å²) in [6, 6.07) is 3.97. The molecule has 2 aliphatic heterocycles. The lowest BCUT2D eigenvalue weighted by Crippen LogP contribution is -2.43. The van der Waals surface area contributed by atoms with Crippen molar-refractivity contribution >= 4 is 29.1 Å². The SMILES string of the molecule is COCCN(Cc1cccs1)C(=O)[C@H]1C[C@@H]2CN(C(=O)C3CCOCC3)CC(=O)N[C@@H]2C1. The van der Waals surface area contributed by atoms with E-state index in [0.717, 1.165) is 4.88 Å². The van der Waals surface area contributed by atoms with Gasteiger partial charge in [0.1, 0.15) is 0 Å². The van der Waals surface area contributed by atoms with E-state index in [4.69, 9.17) is 9.47 Å². The summed E-state index contributed by atoms with van der Waals surface area (Å²) in [4.78, 5) is 43.8. The molecule has 1 N–H and O–H groups in total. The zero-order valence-electron chi connectivity index (χ0n) is 18.7. The van der Waals surface area contributed by atoms with Crippen LogP contribution >= 0.6 is 11.3 Å². The van der Waals surface area contributed by atoms with Crippen molar-refractivity contribution in [3.05, 3.63) is 22.4 Å². The predicted molar refractivity (Wildman–Crippen MR) is 120 cm³/mol. The Labute approximate surface area is 193 Å². The number of nitrogens with zero attached hydrogens (tertiary/aromatic N) is 2. The summed E-state index contributed by atoms with van der Waals surface area (Å²) in [7, 11) is 1.64. The fraction of sp³-hybridized carbons (Fsp3) is 0.696. The van der Waals surface area contributed by atoms with E-state index in [0.29, 0.717) is 65.1 Å². The molecule has 0 unspecified atom stereocenters. The minimum absolute atomic E-state index is 0.0540. The van der Waals surface area contributed by atoms with Crippen LogP contribution in [0.15, 0.2) is 17.5 Å². The van der Waals surface area contributed by atoms with Crippen LogP contribution in [0.4, 0.5) is 0 Å². The third kappa shape index (κ3) is 5.50. The number of rotatable bonds is 7. The average Bonchev–Trinajstić information content (AvgIpc) is 3.43. The van der Waals surface area contributed by atoms with Gasteiger partial charge in [-0.2, -0.15) is 0 Å². The van der Waals surface area contributed by atoms with Crippen molar-refractivity contribution in [2.45, 2.75) is 38.3 Å². The van der Waals surface area contributed by atoms with Gasteiger partial charge in [-0.1, -0.05) is 6.07 Å². The second kappa shape index (κ2) is 10.8. The number of ether oxygens (including phenoxy) is 2. The van der Waals surface area contributed by atoms with Crippen molar-refractivity contribution in [1.82, 2.24) is 15.1 Å². The average molecular weight is 464 g/mol. The first kappa shape index (κ1) is 23.2. The third-order valence-electron chi connectivity index (χ3n) is 6.87. The van der Waals surface area contributed by atoms with Crippen LogP contribution in [0.2, 0.25) is 0 Å². The van der Waals surface area contributed by atoms with E-state index in [2.05, 4.69) is 5.32 Å². The van der Waals surface area contributed by atoms with Crippen molar-refractivity contribution in [2.24, 2.45) is 17.8 Å². The van der Waals surface area contributed by atoms with Gasteiger partial charge in [0.05, 0.1) is 19.7 Å². The van der Waals surface area contributed by atoms with Crippen LogP contribution in [0.1, 0.15) is 30.6 Å². The molecule has 0 bridgehead atoms. The van der Waals surface area contributed by atoms with E-state index in [1.54, 1.807) is 23.3 Å². The molecule has 1 aromatic heterocycles. The minimum atomic E-state index is -0.153. The molecule has 8 nitrogen and oxygen atoms in total. The molecule has 176 valence electrons. The van der Waals surface area contributed by atoms with Crippen LogP contribution in [0.5, 0.6) is 0 Å². The molecule has 1 saturated carbocycles. The number of carbonyl (C=O) groups is 3. The first-order valence-corrected chi connectivity index (χ1v) is 12.4. The van der Waals surface area contributed by atoms with E-state index in [-0.39, 0.29) is 48.1 Å². The molecule has 4 rings (SSSR count). The molecule has 3 fully saturated rings. The molecule has 1 aromatic rings. The molecule has 3 amide bonds. The van der Waals surface area contributed by atoms with Crippen LogP contribution in [0.25, 0.3) is 0 Å². The number of hydrogen-bond donors (Lipinski definition) is 1. The molecule has 3 atom stereocenters. The molecule has 0 spiro atoms. The Balaban J connectivity index is 1.41. The van der Waals surface area contributed by atoms with E-state index in [1.165, 1.54) is 0 Å². The molecule has 1 aliphatic carbocycles. The highest BCUT2D eigenvalue weighted by atomic mass is 32.1. The van der Waals surface area contributed by atoms with Crippen molar-refractivity contribution in [2.75, 3.05) is 46.6 Å². The molecule has 2 saturated heterocycles. The number of carbonyl (C=O) groups excluding carboxylic acids is 3. The first-order chi connectivity index (χ1) is 15.5. The lowest BCUT2D eigenvalue weighted by molar-refractivity contribution is -0.141. The summed E-state index contributed by atoms with van der Waals surface area (Å²) < 4.78 is 10.6. The monoisotopic (exact) mass is 463 g/mol. The molecule has 9 heteroatoms. The van der Waals surface area contributed by atoms with E-state index in [9.17, 15) is 14.4 Å². The van der Waals surface area contributed by atoms with Gasteiger partial charge >= 0.3 is 0 Å². The van der Waals surface area contributed by atoms with Gasteiger partial charge in [0.15, 0.2) is 0 Å². The molecular weight excluding hydrogens is 430 g/mol. The van der Waals surface area contributed by atoms with Gasteiger partial charge in [0, 0.05) is 56.2 Å². The maximum atomic E-state index is 13.4. The summed E-state index contributed by atoms with van der Waals surface area (Å²) in [5.74, 6) is -0.0769. The van der Waals surface area contributed by atoms with Crippen LogP contribution in [0.3, 0.4) is 0 Å². The van der Waals surface area contributed by atoms with Crippen LogP contribution in [-0.4, -0.2) is 80.1 Å². The van der Waals surface area contributed by atoms with Crippen molar-refractivity contribution < 1.29 is 23.9 Å². The third-order valence-corrected chi connectivity index (χ3v) is 7.73. The Morgan fingerprint density at radius 2 is 2.09 bits per heavy atom. The maximum absolute atomic E-state index is 13.4. The Morgan fingerprint density at radius 1 is 1.28 bits per heavy atom. The van der Waals surface area contributed by atoms with E-state index in [1.807, 2.05) is 22.4 Å². The number of nitrogens with one attached hydrogen (secondary N) is 1. The lowest BCUT2D eigenvalue weighted by atomic mass is 9.97. The number of thiophene rings is 1. The topological polar surface area (TPSA) is 88.2 Å². The second-order valence-electron chi connectivity index (χ2n) is 9.04. The summed E-state index contributed by atoms with van der Waals surface area (Å²) in [5.41, 5.74) is 0. The quantitative estimate of drug-likeness (QED) is 0.662. The summed E-state index contributed by atoms with van der Waals surface area (Å²) in [5, 5.41) is 5.11. The van der Waals surface area contributed by atoms with Gasteiger partial charge in [-0.15, -0.1) is 11.3 Å². The molecule has 3 heterocycles. The van der Waals surface area contributed by atoms with Crippen LogP contribution in [-0.2, 0) is 30.4 Å². The molecule has 32 heavy (non-hydrogen) atoms. The summed E-state index contributed by atoms with van der Waals surface area (Å²) >= 11 is 1.64. The smallest absolute Gasteiger partial charge is 0.239 e. The van der Waals surface area contributed by atoms with Gasteiger partial charge in [0.2, 0.25) is 17.7 Å². The summed E-state index contributed by atoms with van der Waals surface area (Å²) in [6.07, 6.45) is 2.74. The van der Waals surface area contributed by atoms with Crippen molar-refractivity contribution in [1.29, 1.82) is 0 Å². The molecule has 0 radical (unpaired) electrons. The summed E-state index contributed by atoms with van der Waals surface area (Å²) in [6.45, 7) is 3.45. The maximum Gasteiger partial charge on any atom is 0.239 e. The van der Waals surface area contributed by atoms with Crippen molar-refractivity contribution in [3.63, 3.8) is 0 Å². The highest BCUT2D eigenvalue weighted by Crippen LogP contribution is 2.35. The number of amides is 3. The molecule has 0 aromatic carbocycles. The molecular formula is C23H33N3O5S.